The van der Waals surface area contributed by atoms with Gasteiger partial charge in [-0.2, -0.15) is 0 Å². The van der Waals surface area contributed by atoms with E-state index in [0.717, 1.165) is 17.7 Å². The Morgan fingerprint density at radius 2 is 1.71 bits per heavy atom. The van der Waals surface area contributed by atoms with E-state index in [0.29, 0.717) is 5.75 Å². The zero-order valence-corrected chi connectivity index (χ0v) is 9.18. The SMILES string of the molecule is C.CCc1ccc(Oc2ccccc2)cc1O. The van der Waals surface area contributed by atoms with Crippen LogP contribution in [0.4, 0.5) is 0 Å². The van der Waals surface area contributed by atoms with Crippen molar-refractivity contribution in [3.63, 3.8) is 0 Å². The Morgan fingerprint density at radius 1 is 1.00 bits per heavy atom. The lowest BCUT2D eigenvalue weighted by molar-refractivity contribution is 0.450. The Balaban J connectivity index is 0.00000144. The minimum absolute atomic E-state index is 0. The van der Waals surface area contributed by atoms with Crippen LogP contribution in [0.2, 0.25) is 0 Å². The lowest BCUT2D eigenvalue weighted by Crippen LogP contribution is -1.86. The monoisotopic (exact) mass is 230 g/mol. The fraction of sp³-hybridized carbons (Fsp3) is 0.200. The van der Waals surface area contributed by atoms with Crippen molar-refractivity contribution in [2.75, 3.05) is 0 Å². The average molecular weight is 230 g/mol. The molecule has 0 aliphatic carbocycles. The molecule has 1 N–H and O–H groups in total. The van der Waals surface area contributed by atoms with E-state index in [-0.39, 0.29) is 13.2 Å². The maximum atomic E-state index is 9.69. The third-order valence-electron chi connectivity index (χ3n) is 2.42. The number of rotatable bonds is 3. The zero-order valence-electron chi connectivity index (χ0n) is 9.18. The number of benzene rings is 2. The summed E-state index contributed by atoms with van der Waals surface area (Å²) in [6.07, 6.45) is 0.817. The van der Waals surface area contributed by atoms with Crippen LogP contribution < -0.4 is 4.74 Å². The quantitative estimate of drug-likeness (QED) is 0.847. The minimum Gasteiger partial charge on any atom is -0.508 e. The average Bonchev–Trinajstić information content (AvgIpc) is 2.31. The molecule has 0 saturated heterocycles. The number of phenols is 1. The molecule has 2 heteroatoms. The smallest absolute Gasteiger partial charge is 0.131 e. The van der Waals surface area contributed by atoms with Crippen LogP contribution in [0, 0.1) is 0 Å². The van der Waals surface area contributed by atoms with Gasteiger partial charge in [-0.3, -0.25) is 0 Å². The first kappa shape index (κ1) is 13.1. The van der Waals surface area contributed by atoms with Crippen LogP contribution in [-0.2, 0) is 6.42 Å². The topological polar surface area (TPSA) is 29.5 Å². The molecule has 0 aliphatic rings. The molecule has 0 bridgehead atoms. The molecule has 0 heterocycles. The maximum Gasteiger partial charge on any atom is 0.131 e. The Kier molecular flexibility index (Phi) is 4.58. The van der Waals surface area contributed by atoms with Crippen molar-refractivity contribution in [3.05, 3.63) is 54.1 Å². The molecule has 2 rings (SSSR count). The molecule has 2 nitrogen and oxygen atoms in total. The second kappa shape index (κ2) is 5.94. The van der Waals surface area contributed by atoms with Crippen molar-refractivity contribution < 1.29 is 9.84 Å². The van der Waals surface area contributed by atoms with E-state index in [9.17, 15) is 5.11 Å². The van der Waals surface area contributed by atoms with E-state index in [1.807, 2.05) is 49.4 Å². The second-order valence-corrected chi connectivity index (χ2v) is 3.56. The molecule has 0 spiro atoms. The molecule has 0 unspecified atom stereocenters. The Bertz CT molecular complexity index is 464. The first-order valence-electron chi connectivity index (χ1n) is 5.34. The second-order valence-electron chi connectivity index (χ2n) is 3.56. The molecule has 90 valence electrons. The van der Waals surface area contributed by atoms with Gasteiger partial charge in [0, 0.05) is 6.07 Å². The van der Waals surface area contributed by atoms with Gasteiger partial charge in [0.1, 0.15) is 17.2 Å². The van der Waals surface area contributed by atoms with E-state index >= 15 is 0 Å². The minimum atomic E-state index is 0. The van der Waals surface area contributed by atoms with Gasteiger partial charge < -0.3 is 9.84 Å². The number of phenolic OH excluding ortho intramolecular Hbond substituents is 1. The van der Waals surface area contributed by atoms with Crippen LogP contribution >= 0.6 is 0 Å². The summed E-state index contributed by atoms with van der Waals surface area (Å²) in [4.78, 5) is 0. The first-order valence-corrected chi connectivity index (χ1v) is 5.34. The number of aromatic hydroxyl groups is 1. The van der Waals surface area contributed by atoms with Crippen LogP contribution in [0.5, 0.6) is 17.2 Å². The van der Waals surface area contributed by atoms with E-state index in [2.05, 4.69) is 0 Å². The first-order chi connectivity index (χ1) is 7.79. The normalized spacial score (nSPS) is 9.47. The summed E-state index contributed by atoms with van der Waals surface area (Å²) in [5, 5.41) is 9.69. The molecular formula is C15H18O2. The number of hydrogen-bond donors (Lipinski definition) is 1. The van der Waals surface area contributed by atoms with Crippen molar-refractivity contribution in [3.8, 4) is 17.2 Å². The van der Waals surface area contributed by atoms with Gasteiger partial charge in [0.25, 0.3) is 0 Å². The van der Waals surface area contributed by atoms with Crippen LogP contribution in [0.25, 0.3) is 0 Å². The fourth-order valence-corrected chi connectivity index (χ4v) is 1.53. The third kappa shape index (κ3) is 3.25. The molecule has 2 aromatic carbocycles. The predicted molar refractivity (Wildman–Crippen MR) is 70.7 cm³/mol. The van der Waals surface area contributed by atoms with Gasteiger partial charge in [0.05, 0.1) is 0 Å². The molecule has 0 aromatic heterocycles. The molecule has 0 atom stereocenters. The summed E-state index contributed by atoms with van der Waals surface area (Å²) in [5.41, 5.74) is 0.931. The van der Waals surface area contributed by atoms with Gasteiger partial charge in [-0.05, 0) is 30.2 Å². The largest absolute Gasteiger partial charge is 0.508 e. The zero-order chi connectivity index (χ0) is 11.4. The van der Waals surface area contributed by atoms with Crippen molar-refractivity contribution in [1.82, 2.24) is 0 Å². The predicted octanol–water partition coefficient (Wildman–Crippen LogP) is 4.38. The van der Waals surface area contributed by atoms with Gasteiger partial charge in [-0.1, -0.05) is 38.6 Å². The van der Waals surface area contributed by atoms with Crippen LogP contribution in [0.15, 0.2) is 48.5 Å². The van der Waals surface area contributed by atoms with Gasteiger partial charge in [0.15, 0.2) is 0 Å². The molecule has 0 amide bonds. The number of para-hydroxylation sites is 1. The lowest BCUT2D eigenvalue weighted by Gasteiger charge is -2.07. The van der Waals surface area contributed by atoms with Gasteiger partial charge in [0.2, 0.25) is 0 Å². The highest BCUT2D eigenvalue weighted by Gasteiger charge is 2.02. The Hall–Kier alpha value is -1.96. The number of hydrogen-bond acceptors (Lipinski definition) is 2. The molecule has 0 radical (unpaired) electrons. The Morgan fingerprint density at radius 3 is 2.29 bits per heavy atom. The molecule has 17 heavy (non-hydrogen) atoms. The summed E-state index contributed by atoms with van der Waals surface area (Å²) >= 11 is 0. The molecule has 0 saturated carbocycles. The van der Waals surface area contributed by atoms with Crippen molar-refractivity contribution in [2.24, 2.45) is 0 Å². The summed E-state index contributed by atoms with van der Waals surface area (Å²) in [6.45, 7) is 2.01. The molecular weight excluding hydrogens is 212 g/mol. The summed E-state index contributed by atoms with van der Waals surface area (Å²) < 4.78 is 5.60. The van der Waals surface area contributed by atoms with E-state index in [1.54, 1.807) is 6.07 Å². The Labute approximate surface area is 102 Å². The number of aryl methyl sites for hydroxylation is 1. The maximum absolute atomic E-state index is 9.69. The third-order valence-corrected chi connectivity index (χ3v) is 2.42. The van der Waals surface area contributed by atoms with Crippen LogP contribution in [0.1, 0.15) is 19.9 Å². The summed E-state index contributed by atoms with van der Waals surface area (Å²) in [5.74, 6) is 1.71. The van der Waals surface area contributed by atoms with Gasteiger partial charge in [-0.15, -0.1) is 0 Å². The van der Waals surface area contributed by atoms with Gasteiger partial charge in [-0.25, -0.2) is 0 Å². The van der Waals surface area contributed by atoms with Crippen molar-refractivity contribution in [1.29, 1.82) is 0 Å². The molecule has 0 fully saturated rings. The highest BCUT2D eigenvalue weighted by molar-refractivity contribution is 5.41. The summed E-state index contributed by atoms with van der Waals surface area (Å²) in [7, 11) is 0. The lowest BCUT2D eigenvalue weighted by atomic mass is 10.1. The molecule has 2 aromatic rings. The van der Waals surface area contributed by atoms with Crippen molar-refractivity contribution >= 4 is 0 Å². The highest BCUT2D eigenvalue weighted by Crippen LogP contribution is 2.27. The summed E-state index contributed by atoms with van der Waals surface area (Å²) in [6, 6.07) is 14.9. The van der Waals surface area contributed by atoms with Crippen LogP contribution in [0.3, 0.4) is 0 Å². The molecule has 0 aliphatic heterocycles. The van der Waals surface area contributed by atoms with Crippen LogP contribution in [-0.4, -0.2) is 5.11 Å². The number of ether oxygens (including phenoxy) is 1. The standard InChI is InChI=1S/C14H14O2.CH4/c1-2-11-8-9-13(10-14(11)15)16-12-6-4-3-5-7-12;/h3-10,15H,2H2,1H3;1H4. The van der Waals surface area contributed by atoms with E-state index in [4.69, 9.17) is 4.74 Å². The van der Waals surface area contributed by atoms with E-state index < -0.39 is 0 Å². The van der Waals surface area contributed by atoms with E-state index in [1.165, 1.54) is 0 Å². The fourth-order valence-electron chi connectivity index (χ4n) is 1.53. The highest BCUT2D eigenvalue weighted by atomic mass is 16.5. The van der Waals surface area contributed by atoms with Gasteiger partial charge >= 0.3 is 0 Å². The van der Waals surface area contributed by atoms with Crippen molar-refractivity contribution in [2.45, 2.75) is 20.8 Å².